The third kappa shape index (κ3) is 18.7. The van der Waals surface area contributed by atoms with Gasteiger partial charge in [-0.1, -0.05) is 57.6 Å². The highest BCUT2D eigenvalue weighted by Crippen LogP contribution is 2.08. The second-order valence-electron chi connectivity index (χ2n) is 5.42. The third-order valence-corrected chi connectivity index (χ3v) is 3.27. The maximum atomic E-state index is 10.2. The molecule has 0 unspecified atom stereocenters. The number of carbonyl (C=O) groups is 1. The van der Waals surface area contributed by atoms with E-state index < -0.39 is 5.97 Å². The van der Waals surface area contributed by atoms with Crippen molar-refractivity contribution in [1.29, 1.82) is 0 Å². The van der Waals surface area contributed by atoms with Crippen molar-refractivity contribution in [3.8, 4) is 0 Å². The van der Waals surface area contributed by atoms with Crippen LogP contribution in [0.2, 0.25) is 0 Å². The molecule has 0 aliphatic carbocycles. The maximum Gasteiger partial charge on any atom is 0.307 e. The van der Waals surface area contributed by atoms with Crippen LogP contribution >= 0.6 is 0 Å². The van der Waals surface area contributed by atoms with E-state index in [-0.39, 0.29) is 6.42 Å². The fraction of sp³-hybridized carbons (Fsp3) is 0.684. The summed E-state index contributed by atoms with van der Waals surface area (Å²) in [4.78, 5) is 10.2. The summed E-state index contributed by atoms with van der Waals surface area (Å²) in [6.07, 6.45) is 19.0. The molecule has 0 aromatic heterocycles. The molecule has 0 saturated carbocycles. The Morgan fingerprint density at radius 1 is 1.00 bits per heavy atom. The van der Waals surface area contributed by atoms with Crippen LogP contribution in [0.4, 0.5) is 0 Å². The fourth-order valence-electron chi connectivity index (χ4n) is 2.01. The van der Waals surface area contributed by atoms with Crippen molar-refractivity contribution in [2.24, 2.45) is 0 Å². The van der Waals surface area contributed by atoms with Crippen LogP contribution in [0.5, 0.6) is 0 Å². The predicted octanol–water partition coefficient (Wildman–Crippen LogP) is 5.28. The van der Waals surface area contributed by atoms with E-state index >= 15 is 0 Å². The summed E-state index contributed by atoms with van der Waals surface area (Å²) in [5.41, 5.74) is 2.83. The zero-order chi connectivity index (χ0) is 16.3. The Kier molecular flexibility index (Phi) is 16.7. The van der Waals surface area contributed by atoms with Crippen molar-refractivity contribution in [3.63, 3.8) is 0 Å². The fourth-order valence-corrected chi connectivity index (χ4v) is 2.01. The average Bonchev–Trinajstić information content (AvgIpc) is 2.50. The van der Waals surface area contributed by atoms with Crippen LogP contribution in [-0.2, 0) is 9.53 Å². The highest BCUT2D eigenvalue weighted by molar-refractivity contribution is 5.68. The highest BCUT2D eigenvalue weighted by atomic mass is 16.5. The molecule has 0 spiro atoms. The standard InChI is InChI=1S/C19H32O3/c1-2-3-4-5-6-7-8-9-11-14-17-22-18-15-12-10-13-16-19(20)21/h11-14H,2-9,15-18H2,1H3,(H,20,21)/b14-11-. The third-order valence-electron chi connectivity index (χ3n) is 3.27. The van der Waals surface area contributed by atoms with Crippen LogP contribution in [-0.4, -0.2) is 24.3 Å². The van der Waals surface area contributed by atoms with Gasteiger partial charge >= 0.3 is 5.97 Å². The van der Waals surface area contributed by atoms with Crippen molar-refractivity contribution < 1.29 is 14.6 Å². The second-order valence-corrected chi connectivity index (χ2v) is 5.42. The van der Waals surface area contributed by atoms with Crippen molar-refractivity contribution in [2.75, 3.05) is 13.2 Å². The van der Waals surface area contributed by atoms with Crippen molar-refractivity contribution in [3.05, 3.63) is 30.0 Å². The minimum atomic E-state index is -0.830. The van der Waals surface area contributed by atoms with E-state index in [2.05, 4.69) is 24.8 Å². The molecule has 0 atom stereocenters. The summed E-state index contributed by atoms with van der Waals surface area (Å²) in [6.45, 7) is 3.55. The molecule has 0 aliphatic heterocycles. The first kappa shape index (κ1) is 20.7. The van der Waals surface area contributed by atoms with Crippen LogP contribution in [0.3, 0.4) is 0 Å². The molecule has 0 bridgehead atoms. The highest BCUT2D eigenvalue weighted by Gasteiger charge is 1.89. The number of aliphatic carboxylic acids is 1. The molecular weight excluding hydrogens is 276 g/mol. The maximum absolute atomic E-state index is 10.2. The lowest BCUT2D eigenvalue weighted by atomic mass is 10.1. The molecule has 0 heterocycles. The molecule has 0 saturated heterocycles. The van der Waals surface area contributed by atoms with E-state index in [0.717, 1.165) is 12.8 Å². The molecule has 22 heavy (non-hydrogen) atoms. The van der Waals surface area contributed by atoms with Crippen molar-refractivity contribution in [2.45, 2.75) is 71.1 Å². The Labute approximate surface area is 135 Å². The zero-order valence-electron chi connectivity index (χ0n) is 14.1. The Balaban J connectivity index is 3.24. The van der Waals surface area contributed by atoms with Gasteiger partial charge in [0.15, 0.2) is 0 Å². The van der Waals surface area contributed by atoms with Crippen LogP contribution in [0.1, 0.15) is 71.1 Å². The van der Waals surface area contributed by atoms with Gasteiger partial charge in [-0.3, -0.25) is 4.79 Å². The van der Waals surface area contributed by atoms with Gasteiger partial charge in [0.2, 0.25) is 0 Å². The molecule has 3 nitrogen and oxygen atoms in total. The number of carboxylic acid groups (broad SMARTS) is 1. The normalized spacial score (nSPS) is 10.6. The Hall–Kier alpha value is -1.31. The Morgan fingerprint density at radius 3 is 2.45 bits per heavy atom. The molecule has 0 amide bonds. The van der Waals surface area contributed by atoms with Crippen LogP contribution in [0.15, 0.2) is 30.0 Å². The van der Waals surface area contributed by atoms with Gasteiger partial charge in [0.05, 0.1) is 19.6 Å². The van der Waals surface area contributed by atoms with Gasteiger partial charge < -0.3 is 9.84 Å². The molecule has 3 heteroatoms. The van der Waals surface area contributed by atoms with Crippen molar-refractivity contribution >= 4 is 5.97 Å². The van der Waals surface area contributed by atoms with Crippen LogP contribution < -0.4 is 0 Å². The minimum absolute atomic E-state index is 0.0265. The first-order valence-corrected chi connectivity index (χ1v) is 8.61. The van der Waals surface area contributed by atoms with Crippen LogP contribution in [0.25, 0.3) is 0 Å². The average molecular weight is 308 g/mol. The lowest BCUT2D eigenvalue weighted by Crippen LogP contribution is -1.92. The zero-order valence-corrected chi connectivity index (χ0v) is 14.1. The predicted molar refractivity (Wildman–Crippen MR) is 92.1 cm³/mol. The van der Waals surface area contributed by atoms with Gasteiger partial charge in [-0.15, -0.1) is 5.73 Å². The van der Waals surface area contributed by atoms with E-state index in [1.807, 2.05) is 6.08 Å². The van der Waals surface area contributed by atoms with Crippen LogP contribution in [0, 0.1) is 0 Å². The molecule has 0 radical (unpaired) electrons. The number of carboxylic acids is 1. The van der Waals surface area contributed by atoms with Crippen molar-refractivity contribution in [1.82, 2.24) is 0 Å². The summed E-state index contributed by atoms with van der Waals surface area (Å²) in [5, 5.41) is 8.42. The molecule has 0 rings (SSSR count). The SMILES string of the molecule is CCCCCCCCC/C=C\COCCC=C=CCC(=O)O. The molecule has 0 aromatic rings. The summed E-state index contributed by atoms with van der Waals surface area (Å²) < 4.78 is 5.45. The van der Waals surface area contributed by atoms with Gasteiger partial charge in [0, 0.05) is 0 Å². The number of hydrogen-bond donors (Lipinski definition) is 1. The molecule has 0 aromatic carbocycles. The lowest BCUT2D eigenvalue weighted by Gasteiger charge is -1.99. The number of hydrogen-bond acceptors (Lipinski definition) is 2. The molecular formula is C19H32O3. The molecule has 0 aliphatic rings. The first-order chi connectivity index (χ1) is 10.8. The monoisotopic (exact) mass is 308 g/mol. The summed E-state index contributed by atoms with van der Waals surface area (Å²) in [6, 6.07) is 0. The molecule has 0 fully saturated rings. The smallest absolute Gasteiger partial charge is 0.307 e. The molecule has 126 valence electrons. The Bertz CT molecular complexity index is 339. The van der Waals surface area contributed by atoms with E-state index in [0.29, 0.717) is 13.2 Å². The number of unbranched alkanes of at least 4 members (excludes halogenated alkanes) is 7. The first-order valence-electron chi connectivity index (χ1n) is 8.61. The largest absolute Gasteiger partial charge is 0.481 e. The van der Waals surface area contributed by atoms with E-state index in [1.165, 1.54) is 51.0 Å². The van der Waals surface area contributed by atoms with Gasteiger partial charge in [-0.25, -0.2) is 0 Å². The summed E-state index contributed by atoms with van der Waals surface area (Å²) in [7, 11) is 0. The summed E-state index contributed by atoms with van der Waals surface area (Å²) >= 11 is 0. The van der Waals surface area contributed by atoms with Gasteiger partial charge in [0.1, 0.15) is 0 Å². The van der Waals surface area contributed by atoms with E-state index in [1.54, 1.807) is 0 Å². The number of rotatable bonds is 15. The Morgan fingerprint density at radius 2 is 1.73 bits per heavy atom. The molecule has 1 N–H and O–H groups in total. The van der Waals surface area contributed by atoms with Gasteiger partial charge in [-0.05, 0) is 31.4 Å². The summed E-state index contributed by atoms with van der Waals surface area (Å²) in [5.74, 6) is -0.830. The quantitative estimate of drug-likeness (QED) is 0.254. The lowest BCUT2D eigenvalue weighted by molar-refractivity contribution is -0.135. The minimum Gasteiger partial charge on any atom is -0.481 e. The number of ether oxygens (including phenoxy) is 1. The van der Waals surface area contributed by atoms with Gasteiger partial charge in [0.25, 0.3) is 0 Å². The number of allylic oxidation sites excluding steroid dienone is 1. The second kappa shape index (κ2) is 17.7. The topological polar surface area (TPSA) is 46.5 Å². The van der Waals surface area contributed by atoms with E-state index in [9.17, 15) is 4.79 Å². The van der Waals surface area contributed by atoms with Gasteiger partial charge in [-0.2, -0.15) is 0 Å². The van der Waals surface area contributed by atoms with E-state index in [4.69, 9.17) is 9.84 Å².